The highest BCUT2D eigenvalue weighted by Gasteiger charge is 2.14. The Bertz CT molecular complexity index is 408. The fourth-order valence-corrected chi connectivity index (χ4v) is 2.44. The molecule has 2 N–H and O–H groups in total. The maximum atomic E-state index is 10.0. The maximum absolute atomic E-state index is 10.0. The number of hydrogen-bond acceptors (Lipinski definition) is 4. The zero-order valence-electron chi connectivity index (χ0n) is 11.2. The van der Waals surface area contributed by atoms with Crippen molar-refractivity contribution in [2.45, 2.75) is 13.0 Å². The fourth-order valence-electron chi connectivity index (χ4n) is 2.14. The van der Waals surface area contributed by atoms with Gasteiger partial charge in [0.15, 0.2) is 0 Å². The second kappa shape index (κ2) is 7.10. The third-order valence-electron chi connectivity index (χ3n) is 3.23. The third-order valence-corrected chi connectivity index (χ3v) is 3.54. The summed E-state index contributed by atoms with van der Waals surface area (Å²) in [4.78, 5) is 2.21. The van der Waals surface area contributed by atoms with Crippen molar-refractivity contribution in [1.82, 2.24) is 4.90 Å². The number of nitrogens with zero attached hydrogens (tertiary/aromatic N) is 1. The van der Waals surface area contributed by atoms with E-state index in [-0.39, 0.29) is 0 Å². The number of rotatable bonds is 5. The van der Waals surface area contributed by atoms with Crippen LogP contribution in [0.15, 0.2) is 18.2 Å². The number of benzene rings is 1. The highest BCUT2D eigenvalue weighted by atomic mass is 35.5. The summed E-state index contributed by atoms with van der Waals surface area (Å²) in [5.41, 5.74) is 2.00. The van der Waals surface area contributed by atoms with Gasteiger partial charge in [-0.2, -0.15) is 0 Å². The quantitative estimate of drug-likeness (QED) is 0.865. The zero-order valence-corrected chi connectivity index (χ0v) is 12.0. The lowest BCUT2D eigenvalue weighted by atomic mass is 10.2. The molecular formula is C14H21ClN2O2. The lowest BCUT2D eigenvalue weighted by Crippen LogP contribution is -2.42. The van der Waals surface area contributed by atoms with E-state index in [4.69, 9.17) is 16.3 Å². The van der Waals surface area contributed by atoms with Crippen LogP contribution in [-0.4, -0.2) is 55.5 Å². The van der Waals surface area contributed by atoms with Gasteiger partial charge in [0.05, 0.1) is 30.0 Å². The molecule has 4 nitrogen and oxygen atoms in total. The summed E-state index contributed by atoms with van der Waals surface area (Å²) < 4.78 is 5.28. The molecule has 0 aliphatic carbocycles. The van der Waals surface area contributed by atoms with Gasteiger partial charge in [0.25, 0.3) is 0 Å². The second-order valence-corrected chi connectivity index (χ2v) is 5.34. The molecule has 0 amide bonds. The lowest BCUT2D eigenvalue weighted by Gasteiger charge is -2.28. The summed E-state index contributed by atoms with van der Waals surface area (Å²) in [6.07, 6.45) is -0.407. The lowest BCUT2D eigenvalue weighted by molar-refractivity contribution is 0.0171. The Balaban J connectivity index is 1.77. The topological polar surface area (TPSA) is 44.7 Å². The van der Waals surface area contributed by atoms with Gasteiger partial charge in [-0.15, -0.1) is 0 Å². The van der Waals surface area contributed by atoms with E-state index in [0.29, 0.717) is 18.1 Å². The summed E-state index contributed by atoms with van der Waals surface area (Å²) in [7, 11) is 0. The number of anilines is 1. The molecule has 1 saturated heterocycles. The zero-order chi connectivity index (χ0) is 13.7. The van der Waals surface area contributed by atoms with Crippen molar-refractivity contribution in [3.63, 3.8) is 0 Å². The van der Waals surface area contributed by atoms with Gasteiger partial charge in [0, 0.05) is 26.2 Å². The Labute approximate surface area is 119 Å². The minimum atomic E-state index is -0.407. The molecule has 1 unspecified atom stereocenters. The number of aliphatic hydroxyl groups excluding tert-OH is 1. The summed E-state index contributed by atoms with van der Waals surface area (Å²) in [5.74, 6) is 0. The number of aliphatic hydroxyl groups is 1. The van der Waals surface area contributed by atoms with E-state index in [9.17, 15) is 5.11 Å². The predicted molar refractivity (Wildman–Crippen MR) is 77.9 cm³/mol. The molecule has 2 rings (SSSR count). The molecule has 1 aromatic rings. The monoisotopic (exact) mass is 284 g/mol. The first-order valence-electron chi connectivity index (χ1n) is 6.63. The number of nitrogens with one attached hydrogen (secondary N) is 1. The average molecular weight is 285 g/mol. The molecule has 1 heterocycles. The molecule has 0 bridgehead atoms. The number of hydrogen-bond donors (Lipinski definition) is 2. The molecule has 0 saturated carbocycles. The minimum Gasteiger partial charge on any atom is -0.390 e. The van der Waals surface area contributed by atoms with Crippen LogP contribution in [0.5, 0.6) is 0 Å². The van der Waals surface area contributed by atoms with Gasteiger partial charge in [-0.05, 0) is 24.6 Å². The first-order chi connectivity index (χ1) is 9.15. The van der Waals surface area contributed by atoms with Crippen molar-refractivity contribution in [3.8, 4) is 0 Å². The Morgan fingerprint density at radius 2 is 2.16 bits per heavy atom. The van der Waals surface area contributed by atoms with Crippen LogP contribution in [0.2, 0.25) is 5.02 Å². The summed E-state index contributed by atoms with van der Waals surface area (Å²) in [6.45, 7) is 6.46. The molecular weight excluding hydrogens is 264 g/mol. The molecule has 1 aliphatic rings. The number of ether oxygens (including phenoxy) is 1. The molecule has 0 radical (unpaired) electrons. The van der Waals surface area contributed by atoms with Gasteiger partial charge in [-0.25, -0.2) is 0 Å². The van der Waals surface area contributed by atoms with Gasteiger partial charge in [-0.1, -0.05) is 17.7 Å². The molecule has 1 aliphatic heterocycles. The Morgan fingerprint density at radius 3 is 2.84 bits per heavy atom. The van der Waals surface area contributed by atoms with Crippen molar-refractivity contribution in [1.29, 1.82) is 0 Å². The van der Waals surface area contributed by atoms with E-state index in [0.717, 1.165) is 37.6 Å². The predicted octanol–water partition coefficient (Wildman–Crippen LogP) is 1.75. The Morgan fingerprint density at radius 1 is 1.42 bits per heavy atom. The van der Waals surface area contributed by atoms with E-state index >= 15 is 0 Å². The van der Waals surface area contributed by atoms with Crippen LogP contribution in [0.4, 0.5) is 5.69 Å². The average Bonchev–Trinajstić information content (AvgIpc) is 2.39. The fraction of sp³-hybridized carbons (Fsp3) is 0.571. The van der Waals surface area contributed by atoms with Crippen LogP contribution >= 0.6 is 11.6 Å². The number of β-amino-alcohol motifs (C(OH)–C–C–N with tert-alkyl or cyclic N) is 1. The van der Waals surface area contributed by atoms with E-state index in [1.165, 1.54) is 0 Å². The largest absolute Gasteiger partial charge is 0.390 e. The molecule has 0 aromatic heterocycles. The van der Waals surface area contributed by atoms with Crippen molar-refractivity contribution in [3.05, 3.63) is 28.8 Å². The number of morpholine rings is 1. The number of aryl methyl sites for hydroxylation is 1. The standard InChI is InChI=1S/C14H21ClN2O2/c1-11-2-3-14(13(15)8-11)16-9-12(18)10-17-4-6-19-7-5-17/h2-3,8,12,16,18H,4-7,9-10H2,1H3. The molecule has 19 heavy (non-hydrogen) atoms. The highest BCUT2D eigenvalue weighted by Crippen LogP contribution is 2.22. The summed E-state index contributed by atoms with van der Waals surface area (Å²) in [6, 6.07) is 5.86. The second-order valence-electron chi connectivity index (χ2n) is 4.93. The first kappa shape index (κ1) is 14.6. The van der Waals surface area contributed by atoms with Gasteiger partial charge < -0.3 is 15.2 Å². The van der Waals surface area contributed by atoms with Crippen molar-refractivity contribution < 1.29 is 9.84 Å². The summed E-state index contributed by atoms with van der Waals surface area (Å²) >= 11 is 6.13. The number of halogens is 1. The van der Waals surface area contributed by atoms with Crippen molar-refractivity contribution in [2.75, 3.05) is 44.7 Å². The molecule has 1 fully saturated rings. The van der Waals surface area contributed by atoms with Gasteiger partial charge in [-0.3, -0.25) is 4.90 Å². The van der Waals surface area contributed by atoms with E-state index in [1.807, 2.05) is 25.1 Å². The molecule has 1 aromatic carbocycles. The van der Waals surface area contributed by atoms with Crippen LogP contribution in [0.3, 0.4) is 0 Å². The smallest absolute Gasteiger partial charge is 0.0839 e. The minimum absolute atomic E-state index is 0.407. The third kappa shape index (κ3) is 4.66. The van der Waals surface area contributed by atoms with Crippen LogP contribution in [0.1, 0.15) is 5.56 Å². The maximum Gasteiger partial charge on any atom is 0.0839 e. The van der Waals surface area contributed by atoms with Gasteiger partial charge in [0.2, 0.25) is 0 Å². The first-order valence-corrected chi connectivity index (χ1v) is 7.01. The van der Waals surface area contributed by atoms with Crippen LogP contribution in [-0.2, 0) is 4.74 Å². The molecule has 5 heteroatoms. The van der Waals surface area contributed by atoms with E-state index in [1.54, 1.807) is 0 Å². The molecule has 0 spiro atoms. The normalized spacial score (nSPS) is 18.3. The van der Waals surface area contributed by atoms with Gasteiger partial charge >= 0.3 is 0 Å². The Kier molecular flexibility index (Phi) is 5.45. The van der Waals surface area contributed by atoms with Crippen LogP contribution in [0, 0.1) is 6.92 Å². The molecule has 106 valence electrons. The van der Waals surface area contributed by atoms with Gasteiger partial charge in [0.1, 0.15) is 0 Å². The van der Waals surface area contributed by atoms with Crippen LogP contribution < -0.4 is 5.32 Å². The van der Waals surface area contributed by atoms with E-state index < -0.39 is 6.10 Å². The SMILES string of the molecule is Cc1ccc(NCC(O)CN2CCOCC2)c(Cl)c1. The molecule has 1 atom stereocenters. The summed E-state index contributed by atoms with van der Waals surface area (Å²) in [5, 5.41) is 13.9. The van der Waals surface area contributed by atoms with Crippen LogP contribution in [0.25, 0.3) is 0 Å². The Hall–Kier alpha value is -0.810. The highest BCUT2D eigenvalue weighted by molar-refractivity contribution is 6.33. The van der Waals surface area contributed by atoms with E-state index in [2.05, 4.69) is 10.2 Å². The van der Waals surface area contributed by atoms with Crippen molar-refractivity contribution in [2.24, 2.45) is 0 Å². The van der Waals surface area contributed by atoms with Crippen molar-refractivity contribution >= 4 is 17.3 Å².